The van der Waals surface area contributed by atoms with E-state index in [-0.39, 0.29) is 13.2 Å². The van der Waals surface area contributed by atoms with Gasteiger partial charge < -0.3 is 25.5 Å². The van der Waals surface area contributed by atoms with Crippen molar-refractivity contribution < 1.29 is 25.5 Å². The molecule has 0 aromatic rings. The highest BCUT2D eigenvalue weighted by Crippen LogP contribution is 1.97. The summed E-state index contributed by atoms with van der Waals surface area (Å²) in [6.07, 6.45) is -1.30. The largest absolute Gasteiger partial charge is 0.394 e. The van der Waals surface area contributed by atoms with Crippen LogP contribution in [0.2, 0.25) is 0 Å². The van der Waals surface area contributed by atoms with Crippen LogP contribution in [0.25, 0.3) is 0 Å². The normalized spacial score (nSPS) is 16.1. The van der Waals surface area contributed by atoms with Crippen LogP contribution >= 0.6 is 0 Å². The molecule has 5 N–H and O–H groups in total. The van der Waals surface area contributed by atoms with Gasteiger partial charge in [-0.25, -0.2) is 0 Å². The van der Waals surface area contributed by atoms with Crippen LogP contribution in [0.4, 0.5) is 0 Å². The molecule has 0 spiro atoms. The first kappa shape index (κ1) is 19.1. The van der Waals surface area contributed by atoms with Gasteiger partial charge in [0.2, 0.25) is 0 Å². The monoisotopic (exact) mass is 253 g/mol. The van der Waals surface area contributed by atoms with Gasteiger partial charge in [-0.15, -0.1) is 0 Å². The number of nitrogens with zero attached hydrogens (tertiary/aromatic N) is 1. The Morgan fingerprint density at radius 1 is 0.706 bits per heavy atom. The standard InChI is InChI=1S/C9H21NO3.C2H6O2/c1-7(11)4-10(5-8(2)12)6-9(3)13;3-1-2-4/h7-9,11-13H,4-6H2,1-3H3;3-4H,1-2H2. The number of rotatable bonds is 7. The van der Waals surface area contributed by atoms with Crippen molar-refractivity contribution in [2.45, 2.75) is 39.1 Å². The van der Waals surface area contributed by atoms with Crippen molar-refractivity contribution >= 4 is 0 Å². The van der Waals surface area contributed by atoms with E-state index in [1.807, 2.05) is 4.90 Å². The zero-order valence-corrected chi connectivity index (χ0v) is 11.0. The fourth-order valence-electron chi connectivity index (χ4n) is 1.34. The molecule has 0 amide bonds. The van der Waals surface area contributed by atoms with Gasteiger partial charge in [0, 0.05) is 19.6 Å². The molecule has 106 valence electrons. The third-order valence-corrected chi connectivity index (χ3v) is 1.67. The van der Waals surface area contributed by atoms with E-state index in [2.05, 4.69) is 0 Å². The molecule has 0 saturated carbocycles. The molecule has 17 heavy (non-hydrogen) atoms. The topological polar surface area (TPSA) is 104 Å². The van der Waals surface area contributed by atoms with Gasteiger partial charge in [0.25, 0.3) is 0 Å². The summed E-state index contributed by atoms with van der Waals surface area (Å²) >= 11 is 0. The predicted octanol–water partition coefficient (Wildman–Crippen LogP) is -1.60. The molecule has 6 nitrogen and oxygen atoms in total. The van der Waals surface area contributed by atoms with Crippen LogP contribution in [-0.2, 0) is 0 Å². The van der Waals surface area contributed by atoms with Crippen molar-refractivity contribution in [3.05, 3.63) is 0 Å². The van der Waals surface area contributed by atoms with Crippen LogP contribution < -0.4 is 0 Å². The highest BCUT2D eigenvalue weighted by Gasteiger charge is 2.12. The summed E-state index contributed by atoms with van der Waals surface area (Å²) in [5, 5.41) is 42.7. The molecule has 0 bridgehead atoms. The summed E-state index contributed by atoms with van der Waals surface area (Å²) in [6, 6.07) is 0. The van der Waals surface area contributed by atoms with Gasteiger partial charge >= 0.3 is 0 Å². The van der Waals surface area contributed by atoms with Crippen LogP contribution in [0.5, 0.6) is 0 Å². The van der Waals surface area contributed by atoms with E-state index in [1.54, 1.807) is 20.8 Å². The van der Waals surface area contributed by atoms with E-state index in [9.17, 15) is 0 Å². The smallest absolute Gasteiger partial charge is 0.0662 e. The molecule has 0 saturated heterocycles. The second kappa shape index (κ2) is 12.2. The molecule has 0 fully saturated rings. The molecule has 0 heterocycles. The Morgan fingerprint density at radius 3 is 1.06 bits per heavy atom. The van der Waals surface area contributed by atoms with Gasteiger partial charge in [0.05, 0.1) is 31.5 Å². The number of aliphatic hydroxyl groups is 5. The van der Waals surface area contributed by atoms with Gasteiger partial charge in [-0.3, -0.25) is 4.90 Å². The molecule has 0 radical (unpaired) electrons. The fourth-order valence-corrected chi connectivity index (χ4v) is 1.34. The maximum Gasteiger partial charge on any atom is 0.0662 e. The summed E-state index contributed by atoms with van der Waals surface area (Å²) in [7, 11) is 0. The van der Waals surface area contributed by atoms with Gasteiger partial charge in [0.1, 0.15) is 0 Å². The second-order valence-corrected chi connectivity index (χ2v) is 4.21. The predicted molar refractivity (Wildman–Crippen MR) is 65.7 cm³/mol. The average molecular weight is 253 g/mol. The average Bonchev–Trinajstić information content (AvgIpc) is 2.14. The minimum Gasteiger partial charge on any atom is -0.394 e. The van der Waals surface area contributed by atoms with E-state index < -0.39 is 18.3 Å². The van der Waals surface area contributed by atoms with Gasteiger partial charge in [-0.05, 0) is 20.8 Å². The van der Waals surface area contributed by atoms with E-state index in [1.165, 1.54) is 0 Å². The summed E-state index contributed by atoms with van der Waals surface area (Å²) in [5.74, 6) is 0. The second-order valence-electron chi connectivity index (χ2n) is 4.21. The van der Waals surface area contributed by atoms with Crippen molar-refractivity contribution in [3.8, 4) is 0 Å². The van der Waals surface area contributed by atoms with Crippen molar-refractivity contribution in [1.82, 2.24) is 4.90 Å². The first-order valence-corrected chi connectivity index (χ1v) is 5.81. The number of hydrogen-bond acceptors (Lipinski definition) is 6. The van der Waals surface area contributed by atoms with Gasteiger partial charge in [-0.1, -0.05) is 0 Å². The highest BCUT2D eigenvalue weighted by atomic mass is 16.3. The van der Waals surface area contributed by atoms with Crippen LogP contribution in [0.3, 0.4) is 0 Å². The van der Waals surface area contributed by atoms with Crippen molar-refractivity contribution in [1.29, 1.82) is 0 Å². The third kappa shape index (κ3) is 18.3. The van der Waals surface area contributed by atoms with Crippen molar-refractivity contribution in [2.75, 3.05) is 32.8 Å². The SMILES string of the molecule is CC(O)CN(CC(C)O)CC(C)O.OCCO. The van der Waals surface area contributed by atoms with Crippen LogP contribution in [0.1, 0.15) is 20.8 Å². The number of hydrogen-bond donors (Lipinski definition) is 5. The summed E-state index contributed by atoms with van der Waals surface area (Å²) in [6.45, 7) is 6.27. The summed E-state index contributed by atoms with van der Waals surface area (Å²) in [4.78, 5) is 1.85. The van der Waals surface area contributed by atoms with E-state index in [4.69, 9.17) is 25.5 Å². The minimum atomic E-state index is -0.433. The molecular weight excluding hydrogens is 226 g/mol. The Balaban J connectivity index is 0. The highest BCUT2D eigenvalue weighted by molar-refractivity contribution is 4.66. The Morgan fingerprint density at radius 2 is 0.941 bits per heavy atom. The Bertz CT molecular complexity index is 127. The molecule has 6 heteroatoms. The van der Waals surface area contributed by atoms with Gasteiger partial charge in [-0.2, -0.15) is 0 Å². The molecule has 0 aliphatic rings. The van der Waals surface area contributed by atoms with E-state index >= 15 is 0 Å². The van der Waals surface area contributed by atoms with Crippen LogP contribution in [0.15, 0.2) is 0 Å². The Kier molecular flexibility index (Phi) is 13.7. The molecule has 0 aliphatic carbocycles. The summed E-state index contributed by atoms with van der Waals surface area (Å²) < 4.78 is 0. The summed E-state index contributed by atoms with van der Waals surface area (Å²) in [5.41, 5.74) is 0. The zero-order valence-electron chi connectivity index (χ0n) is 11.0. The first-order chi connectivity index (χ1) is 7.83. The lowest BCUT2D eigenvalue weighted by Crippen LogP contribution is -2.40. The lowest BCUT2D eigenvalue weighted by Gasteiger charge is -2.25. The van der Waals surface area contributed by atoms with Crippen molar-refractivity contribution in [2.24, 2.45) is 0 Å². The van der Waals surface area contributed by atoms with E-state index in [0.717, 1.165) is 0 Å². The fraction of sp³-hybridized carbons (Fsp3) is 1.00. The maximum absolute atomic E-state index is 9.14. The molecule has 0 aromatic heterocycles. The molecular formula is C11H27NO5. The lowest BCUT2D eigenvalue weighted by atomic mass is 10.2. The first-order valence-electron chi connectivity index (χ1n) is 5.81. The molecule has 3 atom stereocenters. The lowest BCUT2D eigenvalue weighted by molar-refractivity contribution is 0.0530. The van der Waals surface area contributed by atoms with Crippen molar-refractivity contribution in [3.63, 3.8) is 0 Å². The molecule has 3 unspecified atom stereocenters. The van der Waals surface area contributed by atoms with E-state index in [0.29, 0.717) is 19.6 Å². The maximum atomic E-state index is 9.14. The minimum absolute atomic E-state index is 0.125. The third-order valence-electron chi connectivity index (χ3n) is 1.67. The van der Waals surface area contributed by atoms with Gasteiger partial charge in [0.15, 0.2) is 0 Å². The molecule has 0 aliphatic heterocycles. The van der Waals surface area contributed by atoms with Crippen LogP contribution in [-0.4, -0.2) is 81.6 Å². The quantitative estimate of drug-likeness (QED) is 0.374. The molecule has 0 rings (SSSR count). The zero-order chi connectivity index (χ0) is 13.8. The number of aliphatic hydroxyl groups excluding tert-OH is 5. The van der Waals surface area contributed by atoms with Crippen LogP contribution in [0, 0.1) is 0 Å². The Hall–Kier alpha value is -0.240. The Labute approximate surface area is 103 Å². The molecule has 0 aromatic carbocycles.